The number of unbranched alkanes of at least 4 members (excludes halogenated alkanes) is 1. The molecule has 0 saturated carbocycles. The van der Waals surface area contributed by atoms with Crippen molar-refractivity contribution >= 4 is 45.0 Å². The van der Waals surface area contributed by atoms with Gasteiger partial charge in [-0.3, -0.25) is 4.79 Å². The molecule has 0 spiro atoms. The second kappa shape index (κ2) is 9.69. The van der Waals surface area contributed by atoms with E-state index in [1.165, 1.54) is 15.8 Å². The molecule has 7 heteroatoms. The number of nitrogens with zero attached hydrogens (tertiary/aromatic N) is 3. The van der Waals surface area contributed by atoms with Gasteiger partial charge in [-0.25, -0.2) is 4.58 Å². The Kier molecular flexibility index (Phi) is 6.34. The van der Waals surface area contributed by atoms with E-state index in [-0.39, 0.29) is 5.91 Å². The second-order valence-electron chi connectivity index (χ2n) is 8.36. The summed E-state index contributed by atoms with van der Waals surface area (Å²) in [6, 6.07) is 12.8. The highest BCUT2D eigenvalue weighted by Crippen LogP contribution is 2.30. The van der Waals surface area contributed by atoms with Gasteiger partial charge < -0.3 is 15.0 Å². The van der Waals surface area contributed by atoms with Gasteiger partial charge in [0.2, 0.25) is 11.8 Å². The van der Waals surface area contributed by atoms with E-state index in [2.05, 4.69) is 55.6 Å². The molecular weight excluding hydrogens is 420 g/mol. The average molecular weight is 450 g/mol. The number of aromatic nitrogens is 1. The number of fused-ring (bicyclic) bond motifs is 2. The zero-order valence-electron chi connectivity index (χ0n) is 18.3. The number of hydrogen-bond donors (Lipinski definition) is 1. The predicted octanol–water partition coefficient (Wildman–Crippen LogP) is 4.33. The Morgan fingerprint density at radius 1 is 1.12 bits per heavy atom. The Balaban J connectivity index is 1.07. The molecule has 0 bridgehead atoms. The van der Waals surface area contributed by atoms with Crippen molar-refractivity contribution in [3.8, 4) is 5.88 Å². The molecule has 0 aliphatic carbocycles. The third-order valence-electron chi connectivity index (χ3n) is 6.18. The van der Waals surface area contributed by atoms with Crippen LogP contribution in [0.4, 0.5) is 11.5 Å². The first kappa shape index (κ1) is 20.9. The molecule has 2 aliphatic rings. The Hall–Kier alpha value is -2.93. The summed E-state index contributed by atoms with van der Waals surface area (Å²) in [5.74, 6) is 1.27. The van der Waals surface area contributed by atoms with Crippen LogP contribution in [0.15, 0.2) is 41.8 Å². The number of benzene rings is 1. The van der Waals surface area contributed by atoms with Crippen LogP contribution in [0.3, 0.4) is 0 Å². The molecular formula is C25H29N4O2S+. The van der Waals surface area contributed by atoms with Crippen LogP contribution in [0.5, 0.6) is 5.88 Å². The van der Waals surface area contributed by atoms with E-state index in [1.807, 2.05) is 23.5 Å². The molecule has 6 nitrogen and oxygen atoms in total. The van der Waals surface area contributed by atoms with Crippen LogP contribution < -0.4 is 15.0 Å². The van der Waals surface area contributed by atoms with Crippen LogP contribution in [0.25, 0.3) is 10.1 Å². The summed E-state index contributed by atoms with van der Waals surface area (Å²) in [4.78, 5) is 18.5. The maximum absolute atomic E-state index is 11.6. The van der Waals surface area contributed by atoms with Crippen molar-refractivity contribution in [3.63, 3.8) is 0 Å². The van der Waals surface area contributed by atoms with Crippen LogP contribution in [-0.4, -0.2) is 54.5 Å². The lowest BCUT2D eigenvalue weighted by Gasteiger charge is -2.22. The number of anilines is 2. The fraction of sp³-hybridized carbons (Fsp3) is 0.400. The third kappa shape index (κ3) is 4.78. The molecule has 4 heterocycles. The lowest BCUT2D eigenvalue weighted by molar-refractivity contribution is -0.521. The first-order chi connectivity index (χ1) is 15.8. The van der Waals surface area contributed by atoms with Gasteiger partial charge in [-0.05, 0) is 48.1 Å². The van der Waals surface area contributed by atoms with Gasteiger partial charge in [0.1, 0.15) is 18.6 Å². The highest BCUT2D eigenvalue weighted by molar-refractivity contribution is 7.17. The van der Waals surface area contributed by atoms with Crippen molar-refractivity contribution in [2.45, 2.75) is 32.1 Å². The van der Waals surface area contributed by atoms with Gasteiger partial charge in [-0.2, -0.15) is 4.98 Å². The SMILES string of the molecule is O=C1CCc2ccc(OCCCC[N+]3=CCCN(c4cccc5sccc45)CC3)nc2N1. The minimum Gasteiger partial charge on any atom is -0.478 e. The van der Waals surface area contributed by atoms with Crippen molar-refractivity contribution in [2.24, 2.45) is 0 Å². The smallest absolute Gasteiger partial charge is 0.225 e. The summed E-state index contributed by atoms with van der Waals surface area (Å²) in [7, 11) is 0. The topological polar surface area (TPSA) is 57.5 Å². The van der Waals surface area contributed by atoms with E-state index in [4.69, 9.17) is 4.74 Å². The molecule has 1 N–H and O–H groups in total. The standard InChI is InChI=1S/C25H28N4O2S/c30-23-9-7-19-8-10-24(27-25(19)26-23)31-17-2-1-12-28-13-4-14-29(16-15-28)21-5-3-6-22-20(21)11-18-32-22/h3,5-6,8,10-11,13,18H,1-2,4,7,9,12,14-17H2/p+1. The van der Waals surface area contributed by atoms with E-state index in [1.54, 1.807) is 0 Å². The molecule has 2 aromatic heterocycles. The lowest BCUT2D eigenvalue weighted by Crippen LogP contribution is -2.29. The minimum absolute atomic E-state index is 0.0291. The monoisotopic (exact) mass is 449 g/mol. The molecule has 0 unspecified atom stereocenters. The number of carbonyl (C=O) groups is 1. The fourth-order valence-corrected chi connectivity index (χ4v) is 5.25. The summed E-state index contributed by atoms with van der Waals surface area (Å²) >= 11 is 1.81. The average Bonchev–Trinajstić information content (AvgIpc) is 3.17. The zero-order chi connectivity index (χ0) is 21.8. The molecule has 1 aromatic carbocycles. The molecule has 0 saturated heterocycles. The van der Waals surface area contributed by atoms with E-state index in [0.29, 0.717) is 24.7 Å². The highest BCUT2D eigenvalue weighted by atomic mass is 32.1. The molecule has 1 amide bonds. The summed E-state index contributed by atoms with van der Waals surface area (Å²) in [5, 5.41) is 6.39. The largest absolute Gasteiger partial charge is 0.478 e. The number of carbonyl (C=O) groups excluding carboxylic acids is 1. The summed E-state index contributed by atoms with van der Waals surface area (Å²) in [5.41, 5.74) is 2.44. The van der Waals surface area contributed by atoms with Crippen LogP contribution in [-0.2, 0) is 11.2 Å². The molecule has 2 aliphatic heterocycles. The summed E-state index contributed by atoms with van der Waals surface area (Å²) < 4.78 is 9.65. The maximum atomic E-state index is 11.6. The van der Waals surface area contributed by atoms with Crippen LogP contribution >= 0.6 is 11.3 Å². The van der Waals surface area contributed by atoms with Gasteiger partial charge in [-0.15, -0.1) is 11.3 Å². The van der Waals surface area contributed by atoms with Gasteiger partial charge in [0.15, 0.2) is 6.54 Å². The number of hydrogen-bond acceptors (Lipinski definition) is 5. The molecule has 3 aromatic rings. The van der Waals surface area contributed by atoms with Crippen molar-refractivity contribution in [2.75, 3.05) is 43.0 Å². The Bertz CT molecular complexity index is 1140. The molecule has 32 heavy (non-hydrogen) atoms. The van der Waals surface area contributed by atoms with Crippen LogP contribution in [0.1, 0.15) is 31.2 Å². The number of aryl methyl sites for hydroxylation is 1. The van der Waals surface area contributed by atoms with E-state index in [0.717, 1.165) is 57.4 Å². The molecule has 5 rings (SSSR count). The number of pyridine rings is 1. The number of ether oxygens (including phenoxy) is 1. The highest BCUT2D eigenvalue weighted by Gasteiger charge is 2.18. The van der Waals surface area contributed by atoms with Crippen molar-refractivity contribution in [1.82, 2.24) is 4.98 Å². The Labute approximate surface area is 192 Å². The number of amides is 1. The number of rotatable bonds is 7. The van der Waals surface area contributed by atoms with Crippen LogP contribution in [0.2, 0.25) is 0 Å². The lowest BCUT2D eigenvalue weighted by atomic mass is 10.1. The Morgan fingerprint density at radius 2 is 2.09 bits per heavy atom. The zero-order valence-corrected chi connectivity index (χ0v) is 19.1. The van der Waals surface area contributed by atoms with E-state index < -0.39 is 0 Å². The first-order valence-corrected chi connectivity index (χ1v) is 12.4. The molecule has 0 atom stereocenters. The van der Waals surface area contributed by atoms with E-state index >= 15 is 0 Å². The van der Waals surface area contributed by atoms with Gasteiger partial charge in [0.25, 0.3) is 0 Å². The molecule has 0 radical (unpaired) electrons. The van der Waals surface area contributed by atoms with Crippen molar-refractivity contribution in [1.29, 1.82) is 0 Å². The van der Waals surface area contributed by atoms with Gasteiger partial charge in [0.05, 0.1) is 13.2 Å². The van der Waals surface area contributed by atoms with E-state index in [9.17, 15) is 4.79 Å². The Morgan fingerprint density at radius 3 is 3.06 bits per heavy atom. The number of nitrogens with one attached hydrogen (secondary N) is 1. The van der Waals surface area contributed by atoms with Crippen molar-refractivity contribution < 1.29 is 14.1 Å². The van der Waals surface area contributed by atoms with Gasteiger partial charge in [-0.1, -0.05) is 6.07 Å². The second-order valence-corrected chi connectivity index (χ2v) is 9.31. The summed E-state index contributed by atoms with van der Waals surface area (Å²) in [6.45, 7) is 4.85. The maximum Gasteiger partial charge on any atom is 0.225 e. The van der Waals surface area contributed by atoms with Crippen molar-refractivity contribution in [3.05, 3.63) is 47.3 Å². The summed E-state index contributed by atoms with van der Waals surface area (Å²) in [6.07, 6.45) is 6.78. The fourth-order valence-electron chi connectivity index (χ4n) is 4.44. The quantitative estimate of drug-likeness (QED) is 0.431. The third-order valence-corrected chi connectivity index (χ3v) is 7.06. The molecule has 166 valence electrons. The normalized spacial score (nSPS) is 16.3. The van der Waals surface area contributed by atoms with Crippen LogP contribution in [0, 0.1) is 0 Å². The minimum atomic E-state index is 0.0291. The van der Waals surface area contributed by atoms with Gasteiger partial charge >= 0.3 is 0 Å². The predicted molar refractivity (Wildman–Crippen MR) is 131 cm³/mol. The first-order valence-electron chi connectivity index (χ1n) is 11.5. The number of thiophene rings is 1. The van der Waals surface area contributed by atoms with Gasteiger partial charge in [0, 0.05) is 47.6 Å². The molecule has 0 fully saturated rings.